The van der Waals surface area contributed by atoms with Gasteiger partial charge in [-0.25, -0.2) is 0 Å². The summed E-state index contributed by atoms with van der Waals surface area (Å²) in [5, 5.41) is 0. The van der Waals surface area contributed by atoms with Gasteiger partial charge in [-0.2, -0.15) is 0 Å². The van der Waals surface area contributed by atoms with Crippen LogP contribution in [0.25, 0.3) is 0 Å². The van der Waals surface area contributed by atoms with Crippen LogP contribution in [-0.2, 0) is 28.6 Å². The summed E-state index contributed by atoms with van der Waals surface area (Å²) in [6.07, 6.45) is 9.14. The van der Waals surface area contributed by atoms with Crippen LogP contribution in [0.5, 0.6) is 0 Å². The smallest absolute Gasteiger partial charge is 0.321 e. The molecule has 4 aliphatic carbocycles. The number of rotatable bonds is 8. The lowest BCUT2D eigenvalue weighted by Crippen LogP contribution is -2.59. The van der Waals surface area contributed by atoms with Gasteiger partial charge in [-0.15, -0.1) is 23.2 Å². The lowest BCUT2D eigenvalue weighted by atomic mass is 9.43. The highest BCUT2D eigenvalue weighted by Crippen LogP contribution is 2.69. The van der Waals surface area contributed by atoms with Gasteiger partial charge in [0.15, 0.2) is 0 Å². The predicted molar refractivity (Wildman–Crippen MR) is 142 cm³/mol. The molecule has 6 nitrogen and oxygen atoms in total. The monoisotopic (exact) mass is 558 g/mol. The van der Waals surface area contributed by atoms with Crippen LogP contribution < -0.4 is 0 Å². The number of carbonyl (C=O) groups excluding carboxylic acids is 3. The molecule has 210 valence electrons. The first-order chi connectivity index (χ1) is 17.6. The third kappa shape index (κ3) is 5.40. The molecule has 0 aromatic carbocycles. The Morgan fingerprint density at radius 3 is 2.27 bits per heavy atom. The Balaban J connectivity index is 1.58. The number of methoxy groups -OCH3 is 1. The van der Waals surface area contributed by atoms with Crippen molar-refractivity contribution in [3.63, 3.8) is 0 Å². The van der Waals surface area contributed by atoms with E-state index < -0.39 is 0 Å². The summed E-state index contributed by atoms with van der Waals surface area (Å²) in [5.74, 6) is 1.67. The topological polar surface area (TPSA) is 78.9 Å². The van der Waals surface area contributed by atoms with Gasteiger partial charge in [0.05, 0.1) is 7.11 Å². The normalized spacial score (nSPS) is 41.5. The van der Waals surface area contributed by atoms with Crippen molar-refractivity contribution >= 4 is 41.1 Å². The SMILES string of the molecule is COC(=O)CC[C@@H](C)[C@H]1CC[C@H]2[C@@H]3CC[C@@H]4C[C@H](OC(=O)CCl)CC[C@]4(C)[C@H]3C[C@H](OC(=O)CCl)[C@]12C. The maximum absolute atomic E-state index is 12.6. The summed E-state index contributed by atoms with van der Waals surface area (Å²) < 4.78 is 16.7. The first-order valence-electron chi connectivity index (χ1n) is 14.2. The summed E-state index contributed by atoms with van der Waals surface area (Å²) >= 11 is 11.6. The molecule has 0 aromatic rings. The van der Waals surface area contributed by atoms with Crippen molar-refractivity contribution < 1.29 is 28.6 Å². The van der Waals surface area contributed by atoms with E-state index in [0.29, 0.717) is 41.9 Å². The van der Waals surface area contributed by atoms with Gasteiger partial charge in [-0.05, 0) is 98.7 Å². The van der Waals surface area contributed by atoms with Gasteiger partial charge in [-0.3, -0.25) is 14.4 Å². The van der Waals surface area contributed by atoms with E-state index in [-0.39, 0.29) is 52.7 Å². The molecule has 4 saturated carbocycles. The molecular formula is C29H44Cl2O6. The van der Waals surface area contributed by atoms with Gasteiger partial charge in [0, 0.05) is 11.8 Å². The molecule has 0 saturated heterocycles. The van der Waals surface area contributed by atoms with E-state index in [9.17, 15) is 14.4 Å². The van der Waals surface area contributed by atoms with Crippen molar-refractivity contribution in [3.05, 3.63) is 0 Å². The van der Waals surface area contributed by atoms with Crippen LogP contribution in [0.15, 0.2) is 0 Å². The van der Waals surface area contributed by atoms with E-state index in [1.807, 2.05) is 0 Å². The number of hydrogen-bond donors (Lipinski definition) is 0. The average Bonchev–Trinajstić information content (AvgIpc) is 3.25. The van der Waals surface area contributed by atoms with Crippen LogP contribution in [-0.4, -0.2) is 49.0 Å². The minimum atomic E-state index is -0.341. The Labute approximate surface area is 231 Å². The maximum Gasteiger partial charge on any atom is 0.321 e. The summed E-state index contributed by atoms with van der Waals surface area (Å²) in [5.41, 5.74) is 0.00300. The zero-order valence-corrected chi connectivity index (χ0v) is 24.3. The molecule has 0 bridgehead atoms. The van der Waals surface area contributed by atoms with Crippen LogP contribution >= 0.6 is 23.2 Å². The molecule has 4 aliphatic rings. The maximum atomic E-state index is 12.6. The number of carbonyl (C=O) groups is 3. The van der Waals surface area contributed by atoms with Crippen LogP contribution in [0.4, 0.5) is 0 Å². The summed E-state index contributed by atoms with van der Waals surface area (Å²) in [4.78, 5) is 36.3. The lowest BCUT2D eigenvalue weighted by molar-refractivity contribution is -0.197. The van der Waals surface area contributed by atoms with Gasteiger partial charge in [0.2, 0.25) is 0 Å². The van der Waals surface area contributed by atoms with E-state index in [4.69, 9.17) is 37.4 Å². The number of esters is 3. The molecular weight excluding hydrogens is 515 g/mol. The van der Waals surface area contributed by atoms with Crippen molar-refractivity contribution in [2.75, 3.05) is 18.9 Å². The number of alkyl halides is 2. The second-order valence-electron chi connectivity index (χ2n) is 12.7. The first kappa shape index (κ1) is 29.0. The second kappa shape index (κ2) is 11.6. The fourth-order valence-corrected chi connectivity index (χ4v) is 9.58. The zero-order chi connectivity index (χ0) is 27.0. The molecule has 37 heavy (non-hydrogen) atoms. The highest BCUT2D eigenvalue weighted by molar-refractivity contribution is 6.26. The summed E-state index contributed by atoms with van der Waals surface area (Å²) in [6.45, 7) is 7.03. The van der Waals surface area contributed by atoms with Gasteiger partial charge < -0.3 is 14.2 Å². The fourth-order valence-electron chi connectivity index (χ4n) is 9.46. The molecule has 0 spiro atoms. The molecule has 0 amide bonds. The van der Waals surface area contributed by atoms with Gasteiger partial charge >= 0.3 is 17.9 Å². The minimum Gasteiger partial charge on any atom is -0.469 e. The van der Waals surface area contributed by atoms with Crippen molar-refractivity contribution in [3.8, 4) is 0 Å². The molecule has 0 N–H and O–H groups in total. The van der Waals surface area contributed by atoms with Crippen LogP contribution in [0.3, 0.4) is 0 Å². The quantitative estimate of drug-likeness (QED) is 0.202. The average molecular weight is 560 g/mol. The van der Waals surface area contributed by atoms with E-state index in [1.54, 1.807) is 0 Å². The van der Waals surface area contributed by atoms with Crippen molar-refractivity contribution in [1.82, 2.24) is 0 Å². The first-order valence-corrected chi connectivity index (χ1v) is 15.2. The Hall–Kier alpha value is -1.01. The van der Waals surface area contributed by atoms with Gasteiger partial charge in [-0.1, -0.05) is 20.8 Å². The number of fused-ring (bicyclic) bond motifs is 5. The van der Waals surface area contributed by atoms with E-state index in [1.165, 1.54) is 13.5 Å². The molecule has 4 rings (SSSR count). The van der Waals surface area contributed by atoms with E-state index in [0.717, 1.165) is 51.4 Å². The minimum absolute atomic E-state index is 0.0499. The molecule has 0 aliphatic heterocycles. The standard InChI is InChI=1S/C29H44Cl2O6/c1-17(5-10-25(32)35-4)21-8-9-22-20-7-6-18-13-19(36-26(33)15-30)11-12-28(18,2)23(20)14-24(29(21,22)3)37-27(34)16-31/h17-24H,5-16H2,1-4H3/t17-,18-,19-,20+,21-,22+,23+,24+,28+,29-/m1/s1. The van der Waals surface area contributed by atoms with Gasteiger partial charge in [0.1, 0.15) is 24.0 Å². The van der Waals surface area contributed by atoms with E-state index in [2.05, 4.69) is 20.8 Å². The Kier molecular flexibility index (Phi) is 9.10. The molecule has 0 unspecified atom stereocenters. The molecule has 0 heterocycles. The summed E-state index contributed by atoms with van der Waals surface area (Å²) in [7, 11) is 1.44. The van der Waals surface area contributed by atoms with Crippen molar-refractivity contribution in [2.45, 2.75) is 97.2 Å². The third-order valence-corrected chi connectivity index (χ3v) is 11.7. The molecule has 4 fully saturated rings. The number of hydrogen-bond acceptors (Lipinski definition) is 6. The zero-order valence-electron chi connectivity index (χ0n) is 22.8. The van der Waals surface area contributed by atoms with Crippen molar-refractivity contribution in [1.29, 1.82) is 0 Å². The largest absolute Gasteiger partial charge is 0.469 e. The van der Waals surface area contributed by atoms with Crippen LogP contribution in [0, 0.1) is 46.3 Å². The third-order valence-electron chi connectivity index (χ3n) is 11.3. The molecule has 10 atom stereocenters. The summed E-state index contributed by atoms with van der Waals surface area (Å²) in [6, 6.07) is 0. The Morgan fingerprint density at radius 1 is 0.892 bits per heavy atom. The van der Waals surface area contributed by atoms with E-state index >= 15 is 0 Å². The second-order valence-corrected chi connectivity index (χ2v) is 13.2. The Bertz CT molecular complexity index is 865. The lowest BCUT2D eigenvalue weighted by Gasteiger charge is -2.62. The molecule has 0 aromatic heterocycles. The fraction of sp³-hybridized carbons (Fsp3) is 0.897. The predicted octanol–water partition coefficient (Wildman–Crippen LogP) is 6.15. The number of ether oxygens (including phenoxy) is 3. The van der Waals surface area contributed by atoms with Crippen molar-refractivity contribution in [2.24, 2.45) is 46.3 Å². The molecule has 0 radical (unpaired) electrons. The number of halogens is 2. The van der Waals surface area contributed by atoms with Gasteiger partial charge in [0.25, 0.3) is 0 Å². The van der Waals surface area contributed by atoms with Crippen LogP contribution in [0.2, 0.25) is 0 Å². The Morgan fingerprint density at radius 2 is 1.59 bits per heavy atom. The van der Waals surface area contributed by atoms with Crippen LogP contribution in [0.1, 0.15) is 85.0 Å². The highest BCUT2D eigenvalue weighted by atomic mass is 35.5. The highest BCUT2D eigenvalue weighted by Gasteiger charge is 2.65. The molecule has 8 heteroatoms.